The van der Waals surface area contributed by atoms with E-state index in [0.717, 1.165) is 0 Å². The second-order valence-electron chi connectivity index (χ2n) is 3.59. The van der Waals surface area contributed by atoms with E-state index in [0.29, 0.717) is 17.2 Å². The third kappa shape index (κ3) is 4.32. The minimum absolute atomic E-state index is 0.0135. The van der Waals surface area contributed by atoms with Gasteiger partial charge >= 0.3 is 0 Å². The molecule has 1 amide bonds. The minimum Gasteiger partial charge on any atom is -0.372 e. The molecule has 0 unspecified atom stereocenters. The van der Waals surface area contributed by atoms with Crippen LogP contribution in [0.25, 0.3) is 0 Å². The van der Waals surface area contributed by atoms with Crippen molar-refractivity contribution in [3.8, 4) is 0 Å². The maximum Gasteiger partial charge on any atom is 0.246 e. The molecule has 0 aliphatic rings. The van der Waals surface area contributed by atoms with Crippen molar-refractivity contribution in [2.75, 3.05) is 13.2 Å². The van der Waals surface area contributed by atoms with Gasteiger partial charge in [-0.05, 0) is 31.5 Å². The van der Waals surface area contributed by atoms with Crippen LogP contribution in [0.3, 0.4) is 0 Å². The van der Waals surface area contributed by atoms with Crippen LogP contribution in [0.5, 0.6) is 0 Å². The normalized spacial score (nSPS) is 12.2. The van der Waals surface area contributed by atoms with Crippen molar-refractivity contribution in [2.45, 2.75) is 19.9 Å². The molecule has 5 heteroatoms. The van der Waals surface area contributed by atoms with Gasteiger partial charge in [-0.2, -0.15) is 0 Å². The van der Waals surface area contributed by atoms with E-state index in [4.69, 9.17) is 16.3 Å². The molecule has 0 spiro atoms. The first-order valence-corrected chi connectivity index (χ1v) is 5.74. The van der Waals surface area contributed by atoms with Crippen LogP contribution < -0.4 is 5.32 Å². The zero-order chi connectivity index (χ0) is 12.8. The average Bonchev–Trinajstić information content (AvgIpc) is 2.26. The molecule has 0 saturated carbocycles. The molecule has 0 aromatic heterocycles. The molecular formula is C12H15ClFNO2. The Labute approximate surface area is 105 Å². The average molecular weight is 260 g/mol. The van der Waals surface area contributed by atoms with E-state index < -0.39 is 5.82 Å². The van der Waals surface area contributed by atoms with E-state index in [-0.39, 0.29) is 18.6 Å². The standard InChI is InChI=1S/C12H15ClFNO2/c1-3-17-7-12(16)15-8(2)10-5-4-9(14)6-11(10)13/h4-6,8H,3,7H2,1-2H3,(H,15,16)/t8-/m1/s1. The van der Waals surface area contributed by atoms with Crippen LogP contribution >= 0.6 is 11.6 Å². The third-order valence-corrected chi connectivity index (χ3v) is 2.57. The van der Waals surface area contributed by atoms with Crippen LogP contribution in [0.1, 0.15) is 25.5 Å². The lowest BCUT2D eigenvalue weighted by atomic mass is 10.1. The lowest BCUT2D eigenvalue weighted by Crippen LogP contribution is -2.30. The highest BCUT2D eigenvalue weighted by atomic mass is 35.5. The van der Waals surface area contributed by atoms with E-state index in [9.17, 15) is 9.18 Å². The zero-order valence-corrected chi connectivity index (χ0v) is 10.6. The summed E-state index contributed by atoms with van der Waals surface area (Å²) in [4.78, 5) is 11.4. The Bertz CT molecular complexity index is 398. The quantitative estimate of drug-likeness (QED) is 0.883. The molecule has 3 nitrogen and oxygen atoms in total. The predicted octanol–water partition coefficient (Wildman–Crippen LogP) is 2.69. The molecule has 0 radical (unpaired) electrons. The molecule has 0 aliphatic carbocycles. The number of benzene rings is 1. The van der Waals surface area contributed by atoms with E-state index in [1.165, 1.54) is 12.1 Å². The number of hydrogen-bond donors (Lipinski definition) is 1. The van der Waals surface area contributed by atoms with Crippen LogP contribution in [-0.2, 0) is 9.53 Å². The van der Waals surface area contributed by atoms with Crippen molar-refractivity contribution in [3.05, 3.63) is 34.6 Å². The lowest BCUT2D eigenvalue weighted by molar-refractivity contribution is -0.126. The molecule has 94 valence electrons. The van der Waals surface area contributed by atoms with Crippen molar-refractivity contribution in [1.82, 2.24) is 5.32 Å². The summed E-state index contributed by atoms with van der Waals surface area (Å²) < 4.78 is 17.8. The van der Waals surface area contributed by atoms with Crippen LogP contribution in [0.4, 0.5) is 4.39 Å². The van der Waals surface area contributed by atoms with Crippen molar-refractivity contribution in [2.24, 2.45) is 0 Å². The Morgan fingerprint density at radius 2 is 2.29 bits per heavy atom. The summed E-state index contributed by atoms with van der Waals surface area (Å²) in [6.45, 7) is 4.09. The van der Waals surface area contributed by atoms with Crippen LogP contribution in [0, 0.1) is 5.82 Å². The van der Waals surface area contributed by atoms with Gasteiger partial charge in [0.25, 0.3) is 0 Å². The molecule has 0 fully saturated rings. The Morgan fingerprint density at radius 3 is 2.88 bits per heavy atom. The molecule has 17 heavy (non-hydrogen) atoms. The number of ether oxygens (including phenoxy) is 1. The number of carbonyl (C=O) groups is 1. The van der Waals surface area contributed by atoms with Crippen LogP contribution in [0.2, 0.25) is 5.02 Å². The van der Waals surface area contributed by atoms with Gasteiger partial charge in [0.15, 0.2) is 0 Å². The first-order chi connectivity index (χ1) is 8.04. The van der Waals surface area contributed by atoms with Gasteiger partial charge in [0.05, 0.1) is 6.04 Å². The van der Waals surface area contributed by atoms with Crippen LogP contribution in [0.15, 0.2) is 18.2 Å². The number of amides is 1. The summed E-state index contributed by atoms with van der Waals surface area (Å²) in [5.41, 5.74) is 0.679. The van der Waals surface area contributed by atoms with Gasteiger partial charge in [-0.3, -0.25) is 4.79 Å². The van der Waals surface area contributed by atoms with Crippen molar-refractivity contribution in [1.29, 1.82) is 0 Å². The predicted molar refractivity (Wildman–Crippen MR) is 64.5 cm³/mol. The SMILES string of the molecule is CCOCC(=O)N[C@H](C)c1ccc(F)cc1Cl. The fraction of sp³-hybridized carbons (Fsp3) is 0.417. The van der Waals surface area contributed by atoms with Gasteiger partial charge < -0.3 is 10.1 Å². The maximum atomic E-state index is 12.8. The lowest BCUT2D eigenvalue weighted by Gasteiger charge is -2.15. The van der Waals surface area contributed by atoms with Crippen molar-refractivity contribution < 1.29 is 13.9 Å². The molecule has 1 aromatic carbocycles. The zero-order valence-electron chi connectivity index (χ0n) is 9.80. The summed E-state index contributed by atoms with van der Waals surface area (Å²) in [6, 6.07) is 3.81. The van der Waals surface area contributed by atoms with Gasteiger partial charge in [0.2, 0.25) is 5.91 Å². The molecule has 1 N–H and O–H groups in total. The van der Waals surface area contributed by atoms with Gasteiger partial charge in [0.1, 0.15) is 12.4 Å². The van der Waals surface area contributed by atoms with E-state index in [1.807, 2.05) is 6.92 Å². The summed E-state index contributed by atoms with van der Waals surface area (Å²) in [5, 5.41) is 3.02. The van der Waals surface area contributed by atoms with Gasteiger partial charge in [-0.1, -0.05) is 17.7 Å². The first kappa shape index (κ1) is 13.9. The first-order valence-electron chi connectivity index (χ1n) is 5.36. The third-order valence-electron chi connectivity index (χ3n) is 2.24. The van der Waals surface area contributed by atoms with Crippen molar-refractivity contribution >= 4 is 17.5 Å². The van der Waals surface area contributed by atoms with Gasteiger partial charge in [0, 0.05) is 11.6 Å². The summed E-state index contributed by atoms with van der Waals surface area (Å²) in [6.07, 6.45) is 0. The monoisotopic (exact) mass is 259 g/mol. The van der Waals surface area contributed by atoms with Gasteiger partial charge in [-0.25, -0.2) is 4.39 Å². The smallest absolute Gasteiger partial charge is 0.246 e. The van der Waals surface area contributed by atoms with Gasteiger partial charge in [-0.15, -0.1) is 0 Å². The Morgan fingerprint density at radius 1 is 1.59 bits per heavy atom. The molecule has 0 bridgehead atoms. The highest BCUT2D eigenvalue weighted by molar-refractivity contribution is 6.31. The summed E-state index contributed by atoms with van der Waals surface area (Å²) in [7, 11) is 0. The Kier molecular flexibility index (Phi) is 5.38. The summed E-state index contributed by atoms with van der Waals surface area (Å²) >= 11 is 5.89. The second-order valence-corrected chi connectivity index (χ2v) is 4.00. The highest BCUT2D eigenvalue weighted by Crippen LogP contribution is 2.23. The Hall–Kier alpha value is -1.13. The summed E-state index contributed by atoms with van der Waals surface area (Å²) in [5.74, 6) is -0.619. The minimum atomic E-state index is -0.397. The number of nitrogens with one attached hydrogen (secondary N) is 1. The van der Waals surface area contributed by atoms with E-state index >= 15 is 0 Å². The van der Waals surface area contributed by atoms with E-state index in [1.54, 1.807) is 13.0 Å². The number of hydrogen-bond acceptors (Lipinski definition) is 2. The topological polar surface area (TPSA) is 38.3 Å². The second kappa shape index (κ2) is 6.57. The maximum absolute atomic E-state index is 12.8. The number of halogens is 2. The fourth-order valence-corrected chi connectivity index (χ4v) is 1.74. The number of carbonyl (C=O) groups excluding carboxylic acids is 1. The molecule has 1 atom stereocenters. The molecular weight excluding hydrogens is 245 g/mol. The Balaban J connectivity index is 2.63. The number of rotatable bonds is 5. The molecule has 1 aromatic rings. The van der Waals surface area contributed by atoms with Crippen molar-refractivity contribution in [3.63, 3.8) is 0 Å². The molecule has 0 saturated heterocycles. The van der Waals surface area contributed by atoms with Crippen LogP contribution in [-0.4, -0.2) is 19.1 Å². The fourth-order valence-electron chi connectivity index (χ4n) is 1.41. The molecule has 1 rings (SSSR count). The highest BCUT2D eigenvalue weighted by Gasteiger charge is 2.12. The molecule has 0 heterocycles. The van der Waals surface area contributed by atoms with E-state index in [2.05, 4.69) is 5.32 Å². The molecule has 0 aliphatic heterocycles. The largest absolute Gasteiger partial charge is 0.372 e.